The van der Waals surface area contributed by atoms with E-state index >= 15 is 0 Å². The van der Waals surface area contributed by atoms with E-state index in [1.807, 2.05) is 6.26 Å². The fourth-order valence-corrected chi connectivity index (χ4v) is 1.24. The van der Waals surface area contributed by atoms with E-state index in [0.29, 0.717) is 12.5 Å². The lowest BCUT2D eigenvalue weighted by Gasteiger charge is -2.01. The van der Waals surface area contributed by atoms with Gasteiger partial charge < -0.3 is 18.9 Å². The molecule has 0 spiro atoms. The van der Waals surface area contributed by atoms with E-state index in [1.165, 1.54) is 23.5 Å². The standard InChI is InChI=1S/C7H12O4S.C5H10O3S/c1-3-10-6(8)4-7(9)11-5-12-2;1-3-7-5(6)8-4-9-2/h3-5H2,1-2H3;3-4H2,1-2H3. The normalized spacial score (nSPS) is 8.95. The number of hydrogen-bond donors (Lipinski definition) is 0. The Morgan fingerprint density at radius 2 is 1.24 bits per heavy atom. The van der Waals surface area contributed by atoms with Crippen LogP contribution in [0, 0.1) is 0 Å². The van der Waals surface area contributed by atoms with Crippen LogP contribution in [-0.4, -0.2) is 55.7 Å². The van der Waals surface area contributed by atoms with Gasteiger partial charge in [-0.2, -0.15) is 0 Å². The van der Waals surface area contributed by atoms with E-state index in [4.69, 9.17) is 0 Å². The molecule has 0 aromatic rings. The highest BCUT2D eigenvalue weighted by Gasteiger charge is 2.10. The van der Waals surface area contributed by atoms with E-state index in [0.717, 1.165) is 0 Å². The summed E-state index contributed by atoms with van der Waals surface area (Å²) in [6.07, 6.45) is 2.76. The molecule has 0 fully saturated rings. The van der Waals surface area contributed by atoms with Gasteiger partial charge in [0.25, 0.3) is 0 Å². The van der Waals surface area contributed by atoms with Crippen LogP contribution in [-0.2, 0) is 28.5 Å². The summed E-state index contributed by atoms with van der Waals surface area (Å²) in [4.78, 5) is 31.8. The molecule has 0 aliphatic heterocycles. The second-order valence-corrected chi connectivity index (χ2v) is 4.76. The average molecular weight is 342 g/mol. The zero-order valence-electron chi connectivity index (χ0n) is 12.7. The maximum atomic E-state index is 10.8. The Morgan fingerprint density at radius 1 is 0.762 bits per heavy atom. The molecule has 9 heteroatoms. The fourth-order valence-electron chi connectivity index (χ4n) is 0.772. The second-order valence-electron chi connectivity index (χ2n) is 3.14. The van der Waals surface area contributed by atoms with Crippen molar-refractivity contribution < 1.29 is 33.3 Å². The quantitative estimate of drug-likeness (QED) is 0.285. The van der Waals surface area contributed by atoms with Crippen LogP contribution in [0.15, 0.2) is 0 Å². The lowest BCUT2D eigenvalue weighted by atomic mass is 10.4. The van der Waals surface area contributed by atoms with Gasteiger partial charge in [-0.15, -0.1) is 23.5 Å². The number of esters is 2. The van der Waals surface area contributed by atoms with Gasteiger partial charge in [0.15, 0.2) is 0 Å². The first-order valence-corrected chi connectivity index (χ1v) is 8.89. The molecule has 7 nitrogen and oxygen atoms in total. The van der Waals surface area contributed by atoms with E-state index in [2.05, 4.69) is 18.9 Å². The summed E-state index contributed by atoms with van der Waals surface area (Å²) in [6.45, 7) is 4.08. The molecular weight excluding hydrogens is 320 g/mol. The van der Waals surface area contributed by atoms with Crippen molar-refractivity contribution in [1.29, 1.82) is 0 Å². The zero-order valence-corrected chi connectivity index (χ0v) is 14.3. The van der Waals surface area contributed by atoms with Gasteiger partial charge in [0.1, 0.15) is 18.3 Å². The molecule has 0 heterocycles. The molecule has 0 saturated carbocycles. The smallest absolute Gasteiger partial charge is 0.466 e. The minimum Gasteiger partial charge on any atom is -0.466 e. The third-order valence-corrected chi connectivity index (χ3v) is 2.20. The molecule has 0 saturated heterocycles. The minimum absolute atomic E-state index is 0.276. The molecule has 0 N–H and O–H groups in total. The number of hydrogen-bond acceptors (Lipinski definition) is 9. The Morgan fingerprint density at radius 3 is 1.71 bits per heavy atom. The predicted molar refractivity (Wildman–Crippen MR) is 82.2 cm³/mol. The fraction of sp³-hybridized carbons (Fsp3) is 0.750. The predicted octanol–water partition coefficient (Wildman–Crippen LogP) is 2.28. The van der Waals surface area contributed by atoms with Gasteiger partial charge in [-0.05, 0) is 26.4 Å². The van der Waals surface area contributed by atoms with Crippen molar-refractivity contribution in [3.05, 3.63) is 0 Å². The van der Waals surface area contributed by atoms with Crippen LogP contribution in [0.4, 0.5) is 4.79 Å². The molecule has 21 heavy (non-hydrogen) atoms. The van der Waals surface area contributed by atoms with Crippen molar-refractivity contribution in [3.63, 3.8) is 0 Å². The van der Waals surface area contributed by atoms with Crippen molar-refractivity contribution in [2.24, 2.45) is 0 Å². The van der Waals surface area contributed by atoms with Crippen LogP contribution in [0.5, 0.6) is 0 Å². The molecule has 0 atom stereocenters. The van der Waals surface area contributed by atoms with Gasteiger partial charge in [0, 0.05) is 0 Å². The van der Waals surface area contributed by atoms with Crippen molar-refractivity contribution in [2.45, 2.75) is 20.3 Å². The summed E-state index contributed by atoms with van der Waals surface area (Å²) in [7, 11) is 0. The Hall–Kier alpha value is -1.09. The highest BCUT2D eigenvalue weighted by atomic mass is 32.2. The molecule has 0 aromatic heterocycles. The van der Waals surface area contributed by atoms with Gasteiger partial charge in [-0.25, -0.2) is 4.79 Å². The average Bonchev–Trinajstić information content (AvgIpc) is 2.44. The van der Waals surface area contributed by atoms with Crippen molar-refractivity contribution in [1.82, 2.24) is 0 Å². The molecule has 124 valence electrons. The maximum Gasteiger partial charge on any atom is 0.509 e. The van der Waals surface area contributed by atoms with E-state index in [9.17, 15) is 14.4 Å². The summed E-state index contributed by atoms with van der Waals surface area (Å²) < 4.78 is 18.2. The van der Waals surface area contributed by atoms with Crippen molar-refractivity contribution in [2.75, 3.05) is 37.6 Å². The third kappa shape index (κ3) is 18.9. The topological polar surface area (TPSA) is 88.1 Å². The SMILES string of the molecule is CCOC(=O)CC(=O)OCSC.CCOC(=O)OCSC. The molecule has 0 unspecified atom stereocenters. The molecular formula is C12H22O7S2. The molecule has 0 aromatic carbocycles. The number of ether oxygens (including phenoxy) is 4. The molecule has 0 bridgehead atoms. The maximum absolute atomic E-state index is 10.8. The Bertz CT molecular complexity index is 297. The van der Waals surface area contributed by atoms with Gasteiger partial charge in [0.2, 0.25) is 0 Å². The van der Waals surface area contributed by atoms with E-state index in [1.54, 1.807) is 20.1 Å². The first kappa shape index (κ1) is 22.2. The van der Waals surface area contributed by atoms with Crippen LogP contribution in [0.2, 0.25) is 0 Å². The number of rotatable bonds is 8. The molecule has 0 aliphatic carbocycles. The van der Waals surface area contributed by atoms with Crippen LogP contribution in [0.3, 0.4) is 0 Å². The van der Waals surface area contributed by atoms with Crippen LogP contribution < -0.4 is 0 Å². The Balaban J connectivity index is 0. The van der Waals surface area contributed by atoms with Gasteiger partial charge in [0.05, 0.1) is 13.2 Å². The van der Waals surface area contributed by atoms with Crippen molar-refractivity contribution in [3.8, 4) is 0 Å². The molecule has 0 aliphatic rings. The number of thioether (sulfide) groups is 2. The van der Waals surface area contributed by atoms with Crippen LogP contribution >= 0.6 is 23.5 Å². The molecule has 0 radical (unpaired) electrons. The van der Waals surface area contributed by atoms with Crippen molar-refractivity contribution >= 4 is 41.6 Å². The Kier molecular flexibility index (Phi) is 17.9. The van der Waals surface area contributed by atoms with Gasteiger partial charge in [-0.3, -0.25) is 9.59 Å². The number of carbonyl (C=O) groups is 3. The number of carbonyl (C=O) groups excluding carboxylic acids is 3. The monoisotopic (exact) mass is 342 g/mol. The highest BCUT2D eigenvalue weighted by molar-refractivity contribution is 7.98. The first-order valence-electron chi connectivity index (χ1n) is 6.10. The summed E-state index contributed by atoms with van der Waals surface area (Å²) in [5.41, 5.74) is 0. The van der Waals surface area contributed by atoms with Gasteiger partial charge in [-0.1, -0.05) is 0 Å². The minimum atomic E-state index is -0.591. The largest absolute Gasteiger partial charge is 0.509 e. The first-order chi connectivity index (χ1) is 10.0. The van der Waals surface area contributed by atoms with Gasteiger partial charge >= 0.3 is 18.1 Å². The van der Waals surface area contributed by atoms with E-state index < -0.39 is 18.1 Å². The molecule has 0 amide bonds. The summed E-state index contributed by atoms with van der Waals surface area (Å²) in [5, 5.41) is 0. The highest BCUT2D eigenvalue weighted by Crippen LogP contribution is 1.96. The van der Waals surface area contributed by atoms with E-state index in [-0.39, 0.29) is 19.0 Å². The lowest BCUT2D eigenvalue weighted by molar-refractivity contribution is -0.153. The lowest BCUT2D eigenvalue weighted by Crippen LogP contribution is -2.13. The molecule has 0 rings (SSSR count). The summed E-state index contributed by atoms with van der Waals surface area (Å²) in [6, 6.07) is 0. The summed E-state index contributed by atoms with van der Waals surface area (Å²) >= 11 is 2.81. The third-order valence-electron chi connectivity index (χ3n) is 1.49. The summed E-state index contributed by atoms with van der Waals surface area (Å²) in [5.74, 6) is -0.441. The van der Waals surface area contributed by atoms with Crippen LogP contribution in [0.25, 0.3) is 0 Å². The van der Waals surface area contributed by atoms with Crippen LogP contribution in [0.1, 0.15) is 20.3 Å². The Labute approximate surface area is 133 Å². The second kappa shape index (κ2) is 17.0. The zero-order chi connectivity index (χ0) is 16.5.